The minimum absolute atomic E-state index is 0.666. The molecule has 0 radical (unpaired) electrons. The minimum atomic E-state index is 0.666. The number of nitrogens with zero attached hydrogens (tertiary/aromatic N) is 3. The number of hydrogen-bond acceptors (Lipinski definition) is 4. The molecule has 4 aromatic rings. The SMILES string of the molecule is c1ccc2oc(-c3nc(N4CCCCCC4)c4ccccc4n3)cc2c1. The molecule has 0 amide bonds. The van der Waals surface area contributed by atoms with Gasteiger partial charge in [-0.05, 0) is 37.1 Å². The van der Waals surface area contributed by atoms with Crippen LogP contribution in [0.2, 0.25) is 0 Å². The van der Waals surface area contributed by atoms with Gasteiger partial charge < -0.3 is 9.32 Å². The number of anilines is 1. The summed E-state index contributed by atoms with van der Waals surface area (Å²) in [6.45, 7) is 2.11. The Balaban J connectivity index is 1.68. The van der Waals surface area contributed by atoms with E-state index in [1.807, 2.05) is 30.3 Å². The number of para-hydroxylation sites is 2. The maximum absolute atomic E-state index is 6.03. The second-order valence-corrected chi connectivity index (χ2v) is 6.94. The van der Waals surface area contributed by atoms with E-state index < -0.39 is 0 Å². The van der Waals surface area contributed by atoms with Gasteiger partial charge in [0.25, 0.3) is 0 Å². The van der Waals surface area contributed by atoms with Crippen LogP contribution in [-0.2, 0) is 0 Å². The first kappa shape index (κ1) is 15.4. The molecule has 26 heavy (non-hydrogen) atoms. The van der Waals surface area contributed by atoms with Crippen molar-refractivity contribution >= 4 is 27.7 Å². The standard InChI is InChI=1S/C22H21N3O/c1-2-8-14-25(13-7-1)22-17-10-4-5-11-18(17)23-21(24-22)20-15-16-9-3-6-12-19(16)26-20/h3-6,9-12,15H,1-2,7-8,13-14H2. The lowest BCUT2D eigenvalue weighted by molar-refractivity contribution is 0.625. The van der Waals surface area contributed by atoms with Gasteiger partial charge in [0.2, 0.25) is 0 Å². The van der Waals surface area contributed by atoms with Crippen LogP contribution in [0.5, 0.6) is 0 Å². The molecule has 0 atom stereocenters. The molecule has 5 rings (SSSR count). The molecule has 0 bridgehead atoms. The van der Waals surface area contributed by atoms with Gasteiger partial charge in [-0.25, -0.2) is 9.97 Å². The molecule has 0 saturated carbocycles. The van der Waals surface area contributed by atoms with Gasteiger partial charge in [0.15, 0.2) is 11.6 Å². The van der Waals surface area contributed by atoms with Crippen LogP contribution in [0.3, 0.4) is 0 Å². The third-order valence-corrected chi connectivity index (χ3v) is 5.13. The first-order chi connectivity index (χ1) is 12.9. The summed E-state index contributed by atoms with van der Waals surface area (Å²) in [4.78, 5) is 12.2. The highest BCUT2D eigenvalue weighted by molar-refractivity contribution is 5.91. The van der Waals surface area contributed by atoms with Crippen LogP contribution in [0.1, 0.15) is 25.7 Å². The Morgan fingerprint density at radius 2 is 1.58 bits per heavy atom. The van der Waals surface area contributed by atoms with Gasteiger partial charge in [0.1, 0.15) is 11.4 Å². The van der Waals surface area contributed by atoms with Crippen molar-refractivity contribution in [2.24, 2.45) is 0 Å². The predicted octanol–water partition coefficient (Wildman–Crippen LogP) is 5.42. The zero-order valence-electron chi connectivity index (χ0n) is 14.7. The molecule has 3 heterocycles. The zero-order valence-corrected chi connectivity index (χ0v) is 14.7. The van der Waals surface area contributed by atoms with E-state index in [0.29, 0.717) is 5.82 Å². The van der Waals surface area contributed by atoms with Crippen molar-refractivity contribution in [2.75, 3.05) is 18.0 Å². The van der Waals surface area contributed by atoms with E-state index in [0.717, 1.165) is 46.5 Å². The Morgan fingerprint density at radius 1 is 0.808 bits per heavy atom. The maximum atomic E-state index is 6.03. The molecular weight excluding hydrogens is 322 g/mol. The third-order valence-electron chi connectivity index (χ3n) is 5.13. The summed E-state index contributed by atoms with van der Waals surface area (Å²) >= 11 is 0. The molecule has 2 aromatic heterocycles. The van der Waals surface area contributed by atoms with E-state index in [2.05, 4.69) is 29.2 Å². The van der Waals surface area contributed by atoms with Crippen molar-refractivity contribution in [2.45, 2.75) is 25.7 Å². The summed E-state index contributed by atoms with van der Waals surface area (Å²) in [5.41, 5.74) is 1.84. The first-order valence-electron chi connectivity index (χ1n) is 9.39. The van der Waals surface area contributed by atoms with Crippen LogP contribution in [0.15, 0.2) is 59.0 Å². The van der Waals surface area contributed by atoms with E-state index in [9.17, 15) is 0 Å². The van der Waals surface area contributed by atoms with Crippen molar-refractivity contribution in [1.82, 2.24) is 9.97 Å². The minimum Gasteiger partial charge on any atom is -0.453 e. The molecule has 4 nitrogen and oxygen atoms in total. The lowest BCUT2D eigenvalue weighted by Crippen LogP contribution is -2.25. The van der Waals surface area contributed by atoms with E-state index in [-0.39, 0.29) is 0 Å². The monoisotopic (exact) mass is 343 g/mol. The third kappa shape index (κ3) is 2.71. The van der Waals surface area contributed by atoms with Crippen LogP contribution in [0.4, 0.5) is 5.82 Å². The number of benzene rings is 2. The molecule has 0 N–H and O–H groups in total. The maximum Gasteiger partial charge on any atom is 0.198 e. The smallest absolute Gasteiger partial charge is 0.198 e. The van der Waals surface area contributed by atoms with Crippen LogP contribution in [-0.4, -0.2) is 23.1 Å². The van der Waals surface area contributed by atoms with Crippen molar-refractivity contribution in [3.05, 3.63) is 54.6 Å². The second kappa shape index (κ2) is 6.45. The number of rotatable bonds is 2. The molecule has 2 aromatic carbocycles. The van der Waals surface area contributed by atoms with Crippen LogP contribution < -0.4 is 4.90 Å². The number of fused-ring (bicyclic) bond motifs is 2. The highest BCUT2D eigenvalue weighted by Gasteiger charge is 2.18. The molecule has 1 fully saturated rings. The molecule has 1 saturated heterocycles. The van der Waals surface area contributed by atoms with E-state index in [1.54, 1.807) is 0 Å². The van der Waals surface area contributed by atoms with E-state index >= 15 is 0 Å². The summed E-state index contributed by atoms with van der Waals surface area (Å²) in [5, 5.41) is 2.20. The molecule has 1 aliphatic rings. The number of aromatic nitrogens is 2. The second-order valence-electron chi connectivity index (χ2n) is 6.94. The number of hydrogen-bond donors (Lipinski definition) is 0. The molecular formula is C22H21N3O. The van der Waals surface area contributed by atoms with Crippen LogP contribution in [0.25, 0.3) is 33.5 Å². The molecule has 4 heteroatoms. The van der Waals surface area contributed by atoms with Crippen molar-refractivity contribution in [3.8, 4) is 11.6 Å². The Bertz CT molecular complexity index is 1030. The predicted molar refractivity (Wildman–Crippen MR) is 105 cm³/mol. The summed E-state index contributed by atoms with van der Waals surface area (Å²) < 4.78 is 6.03. The van der Waals surface area contributed by atoms with Gasteiger partial charge in [-0.1, -0.05) is 43.2 Å². The van der Waals surface area contributed by atoms with Crippen LogP contribution >= 0.6 is 0 Å². The molecule has 130 valence electrons. The normalized spacial score (nSPS) is 15.5. The van der Waals surface area contributed by atoms with E-state index in [4.69, 9.17) is 14.4 Å². The summed E-state index contributed by atoms with van der Waals surface area (Å²) in [5.74, 6) is 2.43. The highest BCUT2D eigenvalue weighted by Crippen LogP contribution is 2.31. The number of furan rings is 1. The quantitative estimate of drug-likeness (QED) is 0.487. The van der Waals surface area contributed by atoms with Crippen molar-refractivity contribution in [3.63, 3.8) is 0 Å². The fourth-order valence-electron chi connectivity index (χ4n) is 3.79. The summed E-state index contributed by atoms with van der Waals surface area (Å²) in [6, 6.07) is 18.4. The Morgan fingerprint density at radius 3 is 2.42 bits per heavy atom. The lowest BCUT2D eigenvalue weighted by atomic mass is 10.2. The average molecular weight is 343 g/mol. The van der Waals surface area contributed by atoms with Gasteiger partial charge >= 0.3 is 0 Å². The van der Waals surface area contributed by atoms with E-state index in [1.165, 1.54) is 25.7 Å². The summed E-state index contributed by atoms with van der Waals surface area (Å²) in [6.07, 6.45) is 5.04. The highest BCUT2D eigenvalue weighted by atomic mass is 16.3. The molecule has 1 aliphatic heterocycles. The first-order valence-corrected chi connectivity index (χ1v) is 9.39. The largest absolute Gasteiger partial charge is 0.453 e. The molecule has 0 unspecified atom stereocenters. The van der Waals surface area contributed by atoms with Gasteiger partial charge in [0, 0.05) is 23.9 Å². The van der Waals surface area contributed by atoms with Gasteiger partial charge in [-0.15, -0.1) is 0 Å². The zero-order chi connectivity index (χ0) is 17.3. The van der Waals surface area contributed by atoms with Gasteiger partial charge in [0.05, 0.1) is 5.52 Å². The molecule has 0 aliphatic carbocycles. The van der Waals surface area contributed by atoms with Gasteiger partial charge in [-0.3, -0.25) is 0 Å². The Kier molecular flexibility index (Phi) is 3.81. The fraction of sp³-hybridized carbons (Fsp3) is 0.273. The summed E-state index contributed by atoms with van der Waals surface area (Å²) in [7, 11) is 0. The van der Waals surface area contributed by atoms with Crippen molar-refractivity contribution < 1.29 is 4.42 Å². The molecule has 0 spiro atoms. The Hall–Kier alpha value is -2.88. The van der Waals surface area contributed by atoms with Gasteiger partial charge in [-0.2, -0.15) is 0 Å². The topological polar surface area (TPSA) is 42.2 Å². The van der Waals surface area contributed by atoms with Crippen LogP contribution in [0, 0.1) is 0 Å². The lowest BCUT2D eigenvalue weighted by Gasteiger charge is -2.23. The Labute approximate surface area is 152 Å². The average Bonchev–Trinajstić information content (AvgIpc) is 2.94. The fourth-order valence-corrected chi connectivity index (χ4v) is 3.79. The van der Waals surface area contributed by atoms with Crippen molar-refractivity contribution in [1.29, 1.82) is 0 Å².